The van der Waals surface area contributed by atoms with E-state index in [1.807, 2.05) is 68.1 Å². The molecule has 0 aliphatic carbocycles. The number of rotatable bonds is 7. The van der Waals surface area contributed by atoms with E-state index < -0.39 is 0 Å². The molecule has 27 heavy (non-hydrogen) atoms. The van der Waals surface area contributed by atoms with Crippen LogP contribution in [-0.2, 0) is 11.3 Å². The maximum Gasteiger partial charge on any atom is 0.243 e. The Bertz CT molecular complexity index is 788. The van der Waals surface area contributed by atoms with Gasteiger partial charge >= 0.3 is 0 Å². The van der Waals surface area contributed by atoms with Gasteiger partial charge in [0, 0.05) is 24.3 Å². The van der Waals surface area contributed by atoms with Crippen molar-refractivity contribution in [1.29, 1.82) is 0 Å². The Morgan fingerprint density at radius 1 is 1.11 bits per heavy atom. The molecule has 0 atom stereocenters. The number of ether oxygens (including phenoxy) is 1. The van der Waals surface area contributed by atoms with Gasteiger partial charge in [-0.3, -0.25) is 4.79 Å². The van der Waals surface area contributed by atoms with Crippen LogP contribution in [-0.4, -0.2) is 36.1 Å². The Labute approximate surface area is 166 Å². The van der Waals surface area contributed by atoms with Crippen LogP contribution in [0, 0.1) is 13.8 Å². The van der Waals surface area contributed by atoms with Crippen molar-refractivity contribution in [1.82, 2.24) is 10.2 Å². The van der Waals surface area contributed by atoms with Crippen LogP contribution in [0.5, 0.6) is 5.75 Å². The Balaban J connectivity index is 1.95. The number of nitrogens with zero attached hydrogens (tertiary/aromatic N) is 1. The van der Waals surface area contributed by atoms with E-state index in [1.54, 1.807) is 7.11 Å². The van der Waals surface area contributed by atoms with E-state index >= 15 is 0 Å². The van der Waals surface area contributed by atoms with Gasteiger partial charge in [-0.25, -0.2) is 0 Å². The number of carbonyl (C=O) groups excluding carboxylic acids is 1. The maximum atomic E-state index is 12.5. The topological polar surface area (TPSA) is 53.6 Å². The standard InChI is InChI=1S/C21H27N3O2S/c1-5-24(14-19(25)23-20-15(2)9-8-10-16(20)3)21(27)22-13-17-11-6-7-12-18(17)26-4/h6-12H,5,13-14H2,1-4H3,(H,22,27)(H,23,25). The number of thiocarbonyl (C=S) groups is 1. The fourth-order valence-corrected chi connectivity index (χ4v) is 3.09. The lowest BCUT2D eigenvalue weighted by Gasteiger charge is -2.24. The third-order valence-electron chi connectivity index (χ3n) is 4.37. The lowest BCUT2D eigenvalue weighted by atomic mass is 10.1. The summed E-state index contributed by atoms with van der Waals surface area (Å²) in [5.41, 5.74) is 3.97. The summed E-state index contributed by atoms with van der Waals surface area (Å²) in [6, 6.07) is 13.7. The molecule has 144 valence electrons. The van der Waals surface area contributed by atoms with Gasteiger partial charge in [-0.1, -0.05) is 36.4 Å². The van der Waals surface area contributed by atoms with Crippen molar-refractivity contribution in [3.8, 4) is 5.75 Å². The van der Waals surface area contributed by atoms with E-state index in [-0.39, 0.29) is 12.5 Å². The van der Waals surface area contributed by atoms with Gasteiger partial charge in [0.15, 0.2) is 5.11 Å². The normalized spacial score (nSPS) is 10.2. The second kappa shape index (κ2) is 9.92. The van der Waals surface area contributed by atoms with Gasteiger partial charge in [0.1, 0.15) is 5.75 Å². The first-order valence-corrected chi connectivity index (χ1v) is 9.37. The van der Waals surface area contributed by atoms with Crippen LogP contribution in [0.1, 0.15) is 23.6 Å². The number of nitrogens with one attached hydrogen (secondary N) is 2. The molecule has 0 unspecified atom stereocenters. The summed E-state index contributed by atoms with van der Waals surface area (Å²) in [5.74, 6) is 0.722. The Morgan fingerprint density at radius 3 is 2.41 bits per heavy atom. The average molecular weight is 386 g/mol. The second-order valence-electron chi connectivity index (χ2n) is 6.30. The first-order valence-electron chi connectivity index (χ1n) is 8.97. The second-order valence-corrected chi connectivity index (χ2v) is 6.69. The number of hydrogen-bond acceptors (Lipinski definition) is 3. The number of methoxy groups -OCH3 is 1. The van der Waals surface area contributed by atoms with Crippen LogP contribution in [0.2, 0.25) is 0 Å². The zero-order valence-corrected chi connectivity index (χ0v) is 17.2. The molecule has 0 bridgehead atoms. The number of para-hydroxylation sites is 2. The van der Waals surface area contributed by atoms with E-state index in [0.717, 1.165) is 28.1 Å². The highest BCUT2D eigenvalue weighted by atomic mass is 32.1. The first-order chi connectivity index (χ1) is 13.0. The molecule has 5 nitrogen and oxygen atoms in total. The van der Waals surface area contributed by atoms with E-state index in [4.69, 9.17) is 17.0 Å². The molecule has 6 heteroatoms. The Morgan fingerprint density at radius 2 is 1.78 bits per heavy atom. The predicted molar refractivity (Wildman–Crippen MR) is 114 cm³/mol. The van der Waals surface area contributed by atoms with Crippen LogP contribution in [0.4, 0.5) is 5.69 Å². The van der Waals surface area contributed by atoms with E-state index in [0.29, 0.717) is 18.2 Å². The molecule has 2 aromatic carbocycles. The fourth-order valence-electron chi connectivity index (χ4n) is 2.82. The minimum Gasteiger partial charge on any atom is -0.496 e. The van der Waals surface area contributed by atoms with Gasteiger partial charge in [0.2, 0.25) is 5.91 Å². The third-order valence-corrected chi connectivity index (χ3v) is 4.77. The number of hydrogen-bond donors (Lipinski definition) is 2. The quantitative estimate of drug-likeness (QED) is 0.713. The van der Waals surface area contributed by atoms with Gasteiger partial charge < -0.3 is 20.3 Å². The summed E-state index contributed by atoms with van der Waals surface area (Å²) in [7, 11) is 1.65. The minimum absolute atomic E-state index is 0.0873. The molecule has 1 amide bonds. The summed E-state index contributed by atoms with van der Waals surface area (Å²) in [5, 5.41) is 6.76. The van der Waals surface area contributed by atoms with Crippen LogP contribution in [0.15, 0.2) is 42.5 Å². The Kier molecular flexibility index (Phi) is 7.61. The molecule has 2 aromatic rings. The van der Waals surface area contributed by atoms with Crippen LogP contribution in [0.3, 0.4) is 0 Å². The van der Waals surface area contributed by atoms with E-state index in [2.05, 4.69) is 10.6 Å². The van der Waals surface area contributed by atoms with E-state index in [9.17, 15) is 4.79 Å². The molecule has 0 fully saturated rings. The van der Waals surface area contributed by atoms with Crippen LogP contribution in [0.25, 0.3) is 0 Å². The number of likely N-dealkylation sites (N-methyl/N-ethyl adjacent to an activating group) is 1. The monoisotopic (exact) mass is 385 g/mol. The molecule has 0 aliphatic rings. The van der Waals surface area contributed by atoms with Crippen LogP contribution >= 0.6 is 12.2 Å². The average Bonchev–Trinajstić information content (AvgIpc) is 2.67. The lowest BCUT2D eigenvalue weighted by Crippen LogP contribution is -2.43. The molecule has 2 N–H and O–H groups in total. The third kappa shape index (κ3) is 5.69. The van der Waals surface area contributed by atoms with Crippen molar-refractivity contribution in [3.05, 3.63) is 59.2 Å². The molecule has 0 heterocycles. The lowest BCUT2D eigenvalue weighted by molar-refractivity contribution is -0.116. The fraction of sp³-hybridized carbons (Fsp3) is 0.333. The zero-order valence-electron chi connectivity index (χ0n) is 16.3. The number of aryl methyl sites for hydroxylation is 2. The summed E-state index contributed by atoms with van der Waals surface area (Å²) in [6.07, 6.45) is 0. The zero-order chi connectivity index (χ0) is 19.8. The summed E-state index contributed by atoms with van der Waals surface area (Å²) in [6.45, 7) is 7.32. The highest BCUT2D eigenvalue weighted by molar-refractivity contribution is 7.80. The van der Waals surface area contributed by atoms with Gasteiger partial charge in [-0.15, -0.1) is 0 Å². The van der Waals surface area contributed by atoms with Crippen LogP contribution < -0.4 is 15.4 Å². The molecular formula is C21H27N3O2S. The molecule has 0 spiro atoms. The van der Waals surface area contributed by atoms with Crippen molar-refractivity contribution < 1.29 is 9.53 Å². The SMILES string of the molecule is CCN(CC(=O)Nc1c(C)cccc1C)C(=S)NCc1ccccc1OC. The number of amides is 1. The Hall–Kier alpha value is -2.60. The van der Waals surface area contributed by atoms with Crippen molar-refractivity contribution in [2.24, 2.45) is 0 Å². The molecule has 0 saturated heterocycles. The van der Waals surface area contributed by atoms with E-state index in [1.165, 1.54) is 0 Å². The molecule has 2 rings (SSSR count). The predicted octanol–water partition coefficient (Wildman–Crippen LogP) is 3.65. The number of benzene rings is 2. The van der Waals surface area contributed by atoms with Crippen molar-refractivity contribution >= 4 is 28.9 Å². The molecule has 0 aromatic heterocycles. The minimum atomic E-state index is -0.0873. The first kappa shape index (κ1) is 20.7. The molecule has 0 aliphatic heterocycles. The number of anilines is 1. The van der Waals surface area contributed by atoms with Gasteiger partial charge in [0.25, 0.3) is 0 Å². The van der Waals surface area contributed by atoms with Gasteiger partial charge in [-0.05, 0) is 50.2 Å². The largest absolute Gasteiger partial charge is 0.496 e. The van der Waals surface area contributed by atoms with Gasteiger partial charge in [0.05, 0.1) is 13.7 Å². The van der Waals surface area contributed by atoms with Crippen molar-refractivity contribution in [3.63, 3.8) is 0 Å². The maximum absolute atomic E-state index is 12.5. The highest BCUT2D eigenvalue weighted by Gasteiger charge is 2.14. The molecule has 0 saturated carbocycles. The smallest absolute Gasteiger partial charge is 0.243 e. The number of carbonyl (C=O) groups is 1. The van der Waals surface area contributed by atoms with Crippen molar-refractivity contribution in [2.75, 3.05) is 25.5 Å². The summed E-state index contributed by atoms with van der Waals surface area (Å²) >= 11 is 5.48. The van der Waals surface area contributed by atoms with Crippen molar-refractivity contribution in [2.45, 2.75) is 27.3 Å². The summed E-state index contributed by atoms with van der Waals surface area (Å²) < 4.78 is 5.36. The van der Waals surface area contributed by atoms with Gasteiger partial charge in [-0.2, -0.15) is 0 Å². The summed E-state index contributed by atoms with van der Waals surface area (Å²) in [4.78, 5) is 14.3. The highest BCUT2D eigenvalue weighted by Crippen LogP contribution is 2.19. The molecule has 0 radical (unpaired) electrons. The molecular weight excluding hydrogens is 358 g/mol.